The maximum Gasteiger partial charge on any atom is 0.320 e. The third-order valence-electron chi connectivity index (χ3n) is 4.49. The molecule has 4 rings (SSSR count). The summed E-state index contributed by atoms with van der Waals surface area (Å²) in [6.45, 7) is 1.24. The van der Waals surface area contributed by atoms with Crippen molar-refractivity contribution in [3.63, 3.8) is 0 Å². The number of nitrogens with one attached hydrogen (secondary N) is 2. The van der Waals surface area contributed by atoms with Crippen LogP contribution in [0.3, 0.4) is 0 Å². The van der Waals surface area contributed by atoms with Crippen LogP contribution in [0.25, 0.3) is 5.69 Å². The minimum Gasteiger partial charge on any atom is -0.497 e. The summed E-state index contributed by atoms with van der Waals surface area (Å²) in [4.78, 5) is 12.2. The molecule has 0 radical (unpaired) electrons. The van der Waals surface area contributed by atoms with Crippen LogP contribution in [0.5, 0.6) is 5.75 Å². The Kier molecular flexibility index (Phi) is 4.78. The molecule has 0 aliphatic heterocycles. The van der Waals surface area contributed by atoms with Gasteiger partial charge in [0.15, 0.2) is 0 Å². The zero-order valence-electron chi connectivity index (χ0n) is 15.1. The fourth-order valence-electron chi connectivity index (χ4n) is 2.82. The molecule has 1 aliphatic rings. The Hall–Kier alpha value is -3.29. The molecule has 1 fully saturated rings. The van der Waals surface area contributed by atoms with Crippen LogP contribution in [-0.2, 0) is 13.1 Å². The van der Waals surface area contributed by atoms with Crippen LogP contribution >= 0.6 is 0 Å². The van der Waals surface area contributed by atoms with E-state index in [2.05, 4.69) is 20.8 Å². The summed E-state index contributed by atoms with van der Waals surface area (Å²) < 4.78 is 8.83. The maximum absolute atomic E-state index is 12.2. The van der Waals surface area contributed by atoms with Gasteiger partial charge in [0.2, 0.25) is 0 Å². The number of benzene rings is 1. The standard InChI is InChI=1S/C19H22N6O2/c1-27-17-4-2-3-16(9-17)24-13-15(11-22-24)10-20-19(26)23-18-7-8-21-25(18)12-14-5-6-14/h2-4,7-9,11,13-14H,5-6,10,12H2,1H3,(H2,20,23,26). The first-order valence-corrected chi connectivity index (χ1v) is 8.96. The molecule has 0 saturated heterocycles. The van der Waals surface area contributed by atoms with Crippen LogP contribution in [0.1, 0.15) is 18.4 Å². The zero-order valence-corrected chi connectivity index (χ0v) is 15.1. The highest BCUT2D eigenvalue weighted by atomic mass is 16.5. The van der Waals surface area contributed by atoms with Crippen molar-refractivity contribution >= 4 is 11.8 Å². The lowest BCUT2D eigenvalue weighted by Crippen LogP contribution is -2.29. The number of anilines is 1. The molecule has 1 aromatic carbocycles. The lowest BCUT2D eigenvalue weighted by atomic mass is 10.3. The number of rotatable bonds is 7. The lowest BCUT2D eigenvalue weighted by molar-refractivity contribution is 0.251. The molecule has 27 heavy (non-hydrogen) atoms. The highest BCUT2D eigenvalue weighted by molar-refractivity contribution is 5.88. The average Bonchev–Trinajstić information content (AvgIpc) is 3.20. The summed E-state index contributed by atoms with van der Waals surface area (Å²) in [6.07, 6.45) is 7.80. The molecule has 0 atom stereocenters. The Morgan fingerprint density at radius 3 is 3.00 bits per heavy atom. The second kappa shape index (κ2) is 7.53. The number of methoxy groups -OCH3 is 1. The smallest absolute Gasteiger partial charge is 0.320 e. The molecular weight excluding hydrogens is 344 g/mol. The van der Waals surface area contributed by atoms with E-state index in [1.807, 2.05) is 41.2 Å². The van der Waals surface area contributed by atoms with Crippen molar-refractivity contribution in [2.24, 2.45) is 5.92 Å². The Labute approximate surface area is 157 Å². The molecule has 0 spiro atoms. The van der Waals surface area contributed by atoms with E-state index in [4.69, 9.17) is 4.74 Å². The zero-order chi connectivity index (χ0) is 18.6. The molecule has 8 nitrogen and oxygen atoms in total. The van der Waals surface area contributed by atoms with E-state index < -0.39 is 0 Å². The quantitative estimate of drug-likeness (QED) is 0.673. The fraction of sp³-hybridized carbons (Fsp3) is 0.316. The predicted molar refractivity (Wildman–Crippen MR) is 101 cm³/mol. The summed E-state index contributed by atoms with van der Waals surface area (Å²) in [7, 11) is 1.63. The summed E-state index contributed by atoms with van der Waals surface area (Å²) in [5.41, 5.74) is 1.80. The van der Waals surface area contributed by atoms with Gasteiger partial charge >= 0.3 is 6.03 Å². The number of urea groups is 1. The largest absolute Gasteiger partial charge is 0.497 e. The number of aromatic nitrogens is 4. The van der Waals surface area contributed by atoms with E-state index >= 15 is 0 Å². The van der Waals surface area contributed by atoms with Crippen LogP contribution < -0.4 is 15.4 Å². The minimum atomic E-state index is -0.262. The summed E-state index contributed by atoms with van der Waals surface area (Å²) in [5.74, 6) is 2.17. The van der Waals surface area contributed by atoms with Gasteiger partial charge in [0.25, 0.3) is 0 Å². The van der Waals surface area contributed by atoms with E-state index in [-0.39, 0.29) is 6.03 Å². The van der Waals surface area contributed by atoms with E-state index in [0.29, 0.717) is 18.3 Å². The number of hydrogen-bond donors (Lipinski definition) is 2. The van der Waals surface area contributed by atoms with Crippen molar-refractivity contribution in [2.45, 2.75) is 25.9 Å². The summed E-state index contributed by atoms with van der Waals surface area (Å²) in [5, 5.41) is 14.3. The van der Waals surface area contributed by atoms with Gasteiger partial charge in [0.1, 0.15) is 11.6 Å². The molecule has 2 N–H and O–H groups in total. The number of carbonyl (C=O) groups is 1. The molecule has 2 heterocycles. The fourth-order valence-corrected chi connectivity index (χ4v) is 2.82. The van der Waals surface area contributed by atoms with Crippen LogP contribution in [0, 0.1) is 5.92 Å². The van der Waals surface area contributed by atoms with Gasteiger partial charge in [-0.1, -0.05) is 6.07 Å². The Morgan fingerprint density at radius 1 is 1.30 bits per heavy atom. The first-order chi connectivity index (χ1) is 13.2. The van der Waals surface area contributed by atoms with E-state index in [0.717, 1.165) is 23.5 Å². The second-order valence-corrected chi connectivity index (χ2v) is 6.64. The van der Waals surface area contributed by atoms with Gasteiger partial charge in [-0.3, -0.25) is 5.32 Å². The molecular formula is C19H22N6O2. The number of carbonyl (C=O) groups excluding carboxylic acids is 1. The predicted octanol–water partition coefficient (Wildman–Crippen LogP) is 2.81. The number of amides is 2. The SMILES string of the molecule is COc1cccc(-n2cc(CNC(=O)Nc3ccnn3CC3CC3)cn2)c1. The van der Waals surface area contributed by atoms with Crippen molar-refractivity contribution in [2.75, 3.05) is 12.4 Å². The topological polar surface area (TPSA) is 86.0 Å². The van der Waals surface area contributed by atoms with E-state index in [9.17, 15) is 4.79 Å². The minimum absolute atomic E-state index is 0.262. The van der Waals surface area contributed by atoms with Gasteiger partial charge in [0.05, 0.1) is 25.2 Å². The molecule has 0 bridgehead atoms. The molecule has 2 amide bonds. The molecule has 8 heteroatoms. The van der Waals surface area contributed by atoms with Crippen molar-refractivity contribution in [1.29, 1.82) is 0 Å². The summed E-state index contributed by atoms with van der Waals surface area (Å²) >= 11 is 0. The molecule has 0 unspecified atom stereocenters. The molecule has 2 aromatic heterocycles. The van der Waals surface area contributed by atoms with Crippen LogP contribution in [-0.4, -0.2) is 32.7 Å². The van der Waals surface area contributed by atoms with Crippen molar-refractivity contribution in [3.05, 3.63) is 54.5 Å². The Morgan fingerprint density at radius 2 is 2.19 bits per heavy atom. The van der Waals surface area contributed by atoms with Crippen LogP contribution in [0.2, 0.25) is 0 Å². The molecule has 1 aliphatic carbocycles. The second-order valence-electron chi connectivity index (χ2n) is 6.64. The Balaban J connectivity index is 1.33. The normalized spacial score (nSPS) is 13.4. The maximum atomic E-state index is 12.2. The third kappa shape index (κ3) is 4.28. The van der Waals surface area contributed by atoms with Gasteiger partial charge in [-0.25, -0.2) is 14.2 Å². The average molecular weight is 366 g/mol. The van der Waals surface area contributed by atoms with Crippen LogP contribution in [0.15, 0.2) is 48.9 Å². The van der Waals surface area contributed by atoms with Gasteiger partial charge in [-0.05, 0) is 30.9 Å². The number of nitrogens with zero attached hydrogens (tertiary/aromatic N) is 4. The lowest BCUT2D eigenvalue weighted by Gasteiger charge is -2.09. The molecule has 3 aromatic rings. The number of ether oxygens (including phenoxy) is 1. The third-order valence-corrected chi connectivity index (χ3v) is 4.49. The molecule has 140 valence electrons. The van der Waals surface area contributed by atoms with Crippen molar-refractivity contribution in [1.82, 2.24) is 24.9 Å². The monoisotopic (exact) mass is 366 g/mol. The van der Waals surface area contributed by atoms with E-state index in [1.165, 1.54) is 12.8 Å². The van der Waals surface area contributed by atoms with Gasteiger partial charge in [-0.2, -0.15) is 10.2 Å². The van der Waals surface area contributed by atoms with Gasteiger partial charge in [-0.15, -0.1) is 0 Å². The van der Waals surface area contributed by atoms with Crippen LogP contribution in [0.4, 0.5) is 10.6 Å². The highest BCUT2D eigenvalue weighted by Crippen LogP contribution is 2.31. The van der Waals surface area contributed by atoms with E-state index in [1.54, 1.807) is 24.2 Å². The first kappa shape index (κ1) is 17.1. The van der Waals surface area contributed by atoms with Gasteiger partial charge < -0.3 is 10.1 Å². The van der Waals surface area contributed by atoms with Gasteiger partial charge in [0, 0.05) is 37.0 Å². The first-order valence-electron chi connectivity index (χ1n) is 8.96. The highest BCUT2D eigenvalue weighted by Gasteiger charge is 2.23. The van der Waals surface area contributed by atoms with Crippen molar-refractivity contribution < 1.29 is 9.53 Å². The van der Waals surface area contributed by atoms with Crippen molar-refractivity contribution in [3.8, 4) is 11.4 Å². The number of hydrogen-bond acceptors (Lipinski definition) is 4. The summed E-state index contributed by atoms with van der Waals surface area (Å²) in [6, 6.07) is 9.18. The molecule has 1 saturated carbocycles. The Bertz CT molecular complexity index is 928.